The van der Waals surface area contributed by atoms with Gasteiger partial charge in [-0.2, -0.15) is 5.26 Å². The lowest BCUT2D eigenvalue weighted by molar-refractivity contribution is 0.581. The molecule has 0 atom stereocenters. The van der Waals surface area contributed by atoms with Gasteiger partial charge in [0, 0.05) is 11.6 Å². The highest BCUT2D eigenvalue weighted by Crippen LogP contribution is 2.29. The average Bonchev–Trinajstić information content (AvgIpc) is 2.79. The van der Waals surface area contributed by atoms with Crippen LogP contribution in [0.2, 0.25) is 0 Å². The van der Waals surface area contributed by atoms with Crippen molar-refractivity contribution in [2.45, 2.75) is 13.8 Å². The minimum absolute atomic E-state index is 0.885. The van der Waals surface area contributed by atoms with Crippen LogP contribution in [0.15, 0.2) is 41.0 Å². The molecule has 2 aromatic rings. The molecule has 0 saturated carbocycles. The van der Waals surface area contributed by atoms with Crippen LogP contribution in [0.3, 0.4) is 0 Å². The van der Waals surface area contributed by atoms with E-state index in [1.807, 2.05) is 24.3 Å². The van der Waals surface area contributed by atoms with Crippen LogP contribution in [0, 0.1) is 25.2 Å². The average molecular weight is 223 g/mol. The summed E-state index contributed by atoms with van der Waals surface area (Å²) < 4.78 is 5.43. The maximum atomic E-state index is 8.52. The van der Waals surface area contributed by atoms with E-state index in [0.29, 0.717) is 0 Å². The molecule has 0 fully saturated rings. The normalized spacial score (nSPS) is 10.6. The molecule has 1 aromatic carbocycles. The summed E-state index contributed by atoms with van der Waals surface area (Å²) in [5.74, 6) is 0.885. The summed E-state index contributed by atoms with van der Waals surface area (Å²) in [4.78, 5) is 0. The molecule has 0 aliphatic carbocycles. The first-order valence-electron chi connectivity index (χ1n) is 5.43. The summed E-state index contributed by atoms with van der Waals surface area (Å²) in [6.45, 7) is 4.10. The Bertz CT molecular complexity index is 563. The first-order valence-corrected chi connectivity index (χ1v) is 5.43. The first kappa shape index (κ1) is 11.2. The van der Waals surface area contributed by atoms with E-state index in [9.17, 15) is 0 Å². The zero-order chi connectivity index (χ0) is 12.3. The summed E-state index contributed by atoms with van der Waals surface area (Å²) in [7, 11) is 0. The summed E-state index contributed by atoms with van der Waals surface area (Å²) in [6, 6.07) is 9.95. The lowest BCUT2D eigenvalue weighted by Crippen LogP contribution is -1.88. The Labute approximate surface area is 101 Å². The second kappa shape index (κ2) is 4.71. The van der Waals surface area contributed by atoms with Crippen molar-refractivity contribution < 1.29 is 4.42 Å². The number of furan rings is 1. The van der Waals surface area contributed by atoms with Crippen LogP contribution in [-0.4, -0.2) is 0 Å². The van der Waals surface area contributed by atoms with Gasteiger partial charge in [0.25, 0.3) is 0 Å². The second-order valence-corrected chi connectivity index (χ2v) is 3.97. The van der Waals surface area contributed by atoms with Gasteiger partial charge in [-0.15, -0.1) is 0 Å². The van der Waals surface area contributed by atoms with E-state index in [4.69, 9.17) is 9.68 Å². The molecular weight excluding hydrogens is 210 g/mol. The Morgan fingerprint density at radius 1 is 1.24 bits per heavy atom. The van der Waals surface area contributed by atoms with Crippen molar-refractivity contribution in [1.29, 1.82) is 5.26 Å². The van der Waals surface area contributed by atoms with Gasteiger partial charge in [-0.25, -0.2) is 0 Å². The van der Waals surface area contributed by atoms with E-state index in [-0.39, 0.29) is 0 Å². The number of nitriles is 1. The molecule has 0 amide bonds. The highest BCUT2D eigenvalue weighted by molar-refractivity contribution is 5.69. The van der Waals surface area contributed by atoms with Crippen molar-refractivity contribution in [2.75, 3.05) is 0 Å². The van der Waals surface area contributed by atoms with Crippen molar-refractivity contribution >= 4 is 6.08 Å². The predicted molar refractivity (Wildman–Crippen MR) is 68.3 cm³/mol. The molecule has 2 nitrogen and oxygen atoms in total. The third-order valence-corrected chi connectivity index (χ3v) is 2.67. The van der Waals surface area contributed by atoms with Crippen LogP contribution in [0.5, 0.6) is 0 Å². The molecular formula is C15H13NO. The second-order valence-electron chi connectivity index (χ2n) is 3.97. The zero-order valence-electron chi connectivity index (χ0n) is 9.90. The van der Waals surface area contributed by atoms with E-state index in [1.54, 1.807) is 6.26 Å². The molecule has 17 heavy (non-hydrogen) atoms. The minimum Gasteiger partial charge on any atom is -0.464 e. The summed E-state index contributed by atoms with van der Waals surface area (Å²) >= 11 is 0. The van der Waals surface area contributed by atoms with Crippen molar-refractivity contribution in [3.8, 4) is 17.4 Å². The highest BCUT2D eigenvalue weighted by atomic mass is 16.3. The Hall–Kier alpha value is -2.27. The molecule has 0 spiro atoms. The third-order valence-electron chi connectivity index (χ3n) is 2.67. The molecule has 2 heteroatoms. The fraction of sp³-hybridized carbons (Fsp3) is 0.133. The van der Waals surface area contributed by atoms with Gasteiger partial charge < -0.3 is 4.42 Å². The van der Waals surface area contributed by atoms with Crippen LogP contribution < -0.4 is 0 Å². The number of rotatable bonds is 2. The van der Waals surface area contributed by atoms with Gasteiger partial charge >= 0.3 is 0 Å². The van der Waals surface area contributed by atoms with Gasteiger partial charge in [-0.3, -0.25) is 0 Å². The topological polar surface area (TPSA) is 36.9 Å². The molecule has 0 aliphatic rings. The lowest BCUT2D eigenvalue weighted by atomic mass is 9.97. The largest absolute Gasteiger partial charge is 0.464 e. The van der Waals surface area contributed by atoms with E-state index in [0.717, 1.165) is 28.0 Å². The third kappa shape index (κ3) is 2.29. The number of allylic oxidation sites excluding steroid dienone is 1. The maximum absolute atomic E-state index is 8.52. The monoisotopic (exact) mass is 223 g/mol. The Morgan fingerprint density at radius 3 is 2.47 bits per heavy atom. The number of nitrogens with zero attached hydrogens (tertiary/aromatic N) is 1. The van der Waals surface area contributed by atoms with Gasteiger partial charge in [0.15, 0.2) is 0 Å². The molecule has 0 bridgehead atoms. The predicted octanol–water partition coefficient (Wildman–Crippen LogP) is 4.10. The minimum atomic E-state index is 0.885. The van der Waals surface area contributed by atoms with Crippen molar-refractivity contribution in [3.05, 3.63) is 53.3 Å². The molecule has 1 aromatic heterocycles. The molecule has 0 unspecified atom stereocenters. The zero-order valence-corrected chi connectivity index (χ0v) is 9.90. The molecule has 0 radical (unpaired) electrons. The Morgan fingerprint density at radius 2 is 1.94 bits per heavy atom. The van der Waals surface area contributed by atoms with Crippen molar-refractivity contribution in [2.24, 2.45) is 0 Å². The van der Waals surface area contributed by atoms with Gasteiger partial charge in [-0.05, 0) is 48.7 Å². The molecule has 1 heterocycles. The van der Waals surface area contributed by atoms with Crippen molar-refractivity contribution in [1.82, 2.24) is 0 Å². The standard InChI is InChI=1S/C15H13NO/c1-11-9-13(5-3-7-16)10-12(2)15(11)14-6-4-8-17-14/h3-6,8-10H,1-2H3. The van der Waals surface area contributed by atoms with Gasteiger partial charge in [-0.1, -0.05) is 12.1 Å². The lowest BCUT2D eigenvalue weighted by Gasteiger charge is -2.08. The van der Waals surface area contributed by atoms with Crippen LogP contribution in [-0.2, 0) is 0 Å². The number of benzene rings is 1. The highest BCUT2D eigenvalue weighted by Gasteiger charge is 2.08. The summed E-state index contributed by atoms with van der Waals surface area (Å²) in [6.07, 6.45) is 4.98. The Kier molecular flexibility index (Phi) is 3.11. The van der Waals surface area contributed by atoms with Gasteiger partial charge in [0.2, 0.25) is 0 Å². The van der Waals surface area contributed by atoms with E-state index >= 15 is 0 Å². The molecule has 84 valence electrons. The first-order chi connectivity index (χ1) is 8.22. The summed E-state index contributed by atoms with van der Waals surface area (Å²) in [5, 5.41) is 8.52. The van der Waals surface area contributed by atoms with Crippen LogP contribution in [0.25, 0.3) is 17.4 Å². The molecule has 2 rings (SSSR count). The van der Waals surface area contributed by atoms with Crippen LogP contribution in [0.1, 0.15) is 16.7 Å². The smallest absolute Gasteiger partial charge is 0.134 e. The quantitative estimate of drug-likeness (QED) is 0.719. The van der Waals surface area contributed by atoms with Crippen LogP contribution in [0.4, 0.5) is 0 Å². The fourth-order valence-corrected chi connectivity index (χ4v) is 2.04. The fourth-order valence-electron chi connectivity index (χ4n) is 2.04. The molecule has 0 aliphatic heterocycles. The van der Waals surface area contributed by atoms with Gasteiger partial charge in [0.05, 0.1) is 12.3 Å². The number of hydrogen-bond acceptors (Lipinski definition) is 2. The van der Waals surface area contributed by atoms with Gasteiger partial charge in [0.1, 0.15) is 5.76 Å². The maximum Gasteiger partial charge on any atom is 0.134 e. The van der Waals surface area contributed by atoms with Crippen LogP contribution >= 0.6 is 0 Å². The SMILES string of the molecule is Cc1cc(C=CC#N)cc(C)c1-c1ccco1. The molecule has 0 N–H and O–H groups in total. The Balaban J connectivity index is 2.51. The number of aryl methyl sites for hydroxylation is 2. The van der Waals surface area contributed by atoms with E-state index in [1.165, 1.54) is 6.08 Å². The molecule has 0 saturated heterocycles. The number of hydrogen-bond donors (Lipinski definition) is 0. The summed E-state index contributed by atoms with van der Waals surface area (Å²) in [5.41, 5.74) is 4.47. The van der Waals surface area contributed by atoms with E-state index in [2.05, 4.69) is 26.0 Å². The van der Waals surface area contributed by atoms with E-state index < -0.39 is 0 Å². The van der Waals surface area contributed by atoms with Crippen molar-refractivity contribution in [3.63, 3.8) is 0 Å².